The fourth-order valence-corrected chi connectivity index (χ4v) is 4.34. The maximum Gasteiger partial charge on any atom is 0.257 e. The van der Waals surface area contributed by atoms with E-state index in [4.69, 9.17) is 4.74 Å². The molecule has 2 aromatic rings. The minimum atomic E-state index is -0.0717. The molecule has 0 saturated carbocycles. The molecule has 0 aliphatic carbocycles. The SMILES string of the molecule is COc1ccccc1C(=O)N1CCCN(C(=O)c2ccc(CN3CCCC3=O)cc2)CC1. The molecule has 4 rings (SSSR count). The number of methoxy groups -OCH3 is 1. The standard InChI is InChI=1S/C25H29N3O4/c1-32-22-7-3-2-6-21(22)25(31)27-15-5-14-26(16-17-27)24(30)20-11-9-19(10-12-20)18-28-13-4-8-23(28)29/h2-3,6-7,9-12H,4-5,8,13-18H2,1H3. The van der Waals surface area contributed by atoms with Crippen molar-refractivity contribution in [2.24, 2.45) is 0 Å². The van der Waals surface area contributed by atoms with Gasteiger partial charge in [-0.1, -0.05) is 24.3 Å². The topological polar surface area (TPSA) is 70.2 Å². The van der Waals surface area contributed by atoms with Crippen LogP contribution in [0.1, 0.15) is 45.5 Å². The molecule has 0 spiro atoms. The van der Waals surface area contributed by atoms with Gasteiger partial charge in [-0.2, -0.15) is 0 Å². The number of para-hydroxylation sites is 1. The Balaban J connectivity index is 1.37. The lowest BCUT2D eigenvalue weighted by Crippen LogP contribution is -2.37. The second-order valence-electron chi connectivity index (χ2n) is 8.25. The van der Waals surface area contributed by atoms with Gasteiger partial charge in [0.2, 0.25) is 5.91 Å². The summed E-state index contributed by atoms with van der Waals surface area (Å²) in [6.45, 7) is 3.58. The maximum absolute atomic E-state index is 13.0. The van der Waals surface area contributed by atoms with Crippen molar-refractivity contribution in [1.29, 1.82) is 0 Å². The quantitative estimate of drug-likeness (QED) is 0.724. The molecule has 0 N–H and O–H groups in total. The summed E-state index contributed by atoms with van der Waals surface area (Å²) in [5.41, 5.74) is 2.20. The number of hydrogen-bond acceptors (Lipinski definition) is 4. The molecule has 0 aromatic heterocycles. The van der Waals surface area contributed by atoms with E-state index in [9.17, 15) is 14.4 Å². The number of rotatable bonds is 5. The van der Waals surface area contributed by atoms with E-state index in [1.165, 1.54) is 0 Å². The summed E-state index contributed by atoms with van der Waals surface area (Å²) >= 11 is 0. The van der Waals surface area contributed by atoms with Gasteiger partial charge in [0, 0.05) is 51.3 Å². The molecular formula is C25H29N3O4. The van der Waals surface area contributed by atoms with E-state index in [1.807, 2.05) is 46.2 Å². The molecule has 2 aliphatic heterocycles. The Morgan fingerprint density at radius 1 is 0.844 bits per heavy atom. The molecule has 32 heavy (non-hydrogen) atoms. The molecular weight excluding hydrogens is 406 g/mol. The van der Waals surface area contributed by atoms with Crippen LogP contribution in [0.25, 0.3) is 0 Å². The third-order valence-corrected chi connectivity index (χ3v) is 6.15. The fourth-order valence-electron chi connectivity index (χ4n) is 4.34. The van der Waals surface area contributed by atoms with Gasteiger partial charge in [0.05, 0.1) is 12.7 Å². The van der Waals surface area contributed by atoms with Crippen LogP contribution in [-0.2, 0) is 11.3 Å². The van der Waals surface area contributed by atoms with Crippen LogP contribution >= 0.6 is 0 Å². The van der Waals surface area contributed by atoms with Crippen LogP contribution in [0.5, 0.6) is 5.75 Å². The van der Waals surface area contributed by atoms with Gasteiger partial charge in [0.1, 0.15) is 5.75 Å². The zero-order valence-corrected chi connectivity index (χ0v) is 18.5. The van der Waals surface area contributed by atoms with Gasteiger partial charge in [-0.3, -0.25) is 14.4 Å². The number of carbonyl (C=O) groups excluding carboxylic acids is 3. The van der Waals surface area contributed by atoms with Gasteiger partial charge in [0.15, 0.2) is 0 Å². The van der Waals surface area contributed by atoms with Crippen LogP contribution < -0.4 is 4.74 Å². The third kappa shape index (κ3) is 4.77. The summed E-state index contributed by atoms with van der Waals surface area (Å²) < 4.78 is 5.33. The first-order valence-corrected chi connectivity index (χ1v) is 11.1. The van der Waals surface area contributed by atoms with E-state index >= 15 is 0 Å². The van der Waals surface area contributed by atoms with Crippen LogP contribution in [0.2, 0.25) is 0 Å². The summed E-state index contributed by atoms with van der Waals surface area (Å²) in [5.74, 6) is 0.658. The summed E-state index contributed by atoms with van der Waals surface area (Å²) in [4.78, 5) is 43.3. The highest BCUT2D eigenvalue weighted by atomic mass is 16.5. The van der Waals surface area contributed by atoms with Gasteiger partial charge < -0.3 is 19.4 Å². The Labute approximate surface area is 188 Å². The van der Waals surface area contributed by atoms with Crippen LogP contribution in [0.4, 0.5) is 0 Å². The van der Waals surface area contributed by atoms with E-state index in [1.54, 1.807) is 24.1 Å². The van der Waals surface area contributed by atoms with Crippen LogP contribution in [0.15, 0.2) is 48.5 Å². The van der Waals surface area contributed by atoms with Crippen molar-refractivity contribution in [3.63, 3.8) is 0 Å². The zero-order valence-electron chi connectivity index (χ0n) is 18.5. The second kappa shape index (κ2) is 9.85. The summed E-state index contributed by atoms with van der Waals surface area (Å²) in [6, 6.07) is 14.7. The fraction of sp³-hybridized carbons (Fsp3) is 0.400. The predicted octanol–water partition coefficient (Wildman–Crippen LogP) is 2.81. The maximum atomic E-state index is 13.0. The molecule has 2 aromatic carbocycles. The average molecular weight is 436 g/mol. The van der Waals surface area contributed by atoms with Crippen molar-refractivity contribution in [3.05, 3.63) is 65.2 Å². The molecule has 7 heteroatoms. The number of nitrogens with zero attached hydrogens (tertiary/aromatic N) is 3. The Hall–Kier alpha value is -3.35. The third-order valence-electron chi connectivity index (χ3n) is 6.15. The Kier molecular flexibility index (Phi) is 6.73. The molecule has 0 atom stereocenters. The number of carbonyl (C=O) groups is 3. The van der Waals surface area contributed by atoms with Crippen molar-refractivity contribution in [2.45, 2.75) is 25.8 Å². The molecule has 0 bridgehead atoms. The number of likely N-dealkylation sites (tertiary alicyclic amines) is 1. The first kappa shape index (κ1) is 21.9. The highest BCUT2D eigenvalue weighted by Gasteiger charge is 2.25. The van der Waals surface area contributed by atoms with Crippen LogP contribution in [0.3, 0.4) is 0 Å². The Bertz CT molecular complexity index is 989. The van der Waals surface area contributed by atoms with Crippen molar-refractivity contribution in [3.8, 4) is 5.75 Å². The number of amides is 3. The Morgan fingerprint density at radius 3 is 2.19 bits per heavy atom. The van der Waals surface area contributed by atoms with E-state index in [0.29, 0.717) is 56.0 Å². The lowest BCUT2D eigenvalue weighted by molar-refractivity contribution is -0.128. The van der Waals surface area contributed by atoms with Crippen LogP contribution in [-0.4, -0.2) is 72.3 Å². The molecule has 0 unspecified atom stereocenters. The molecule has 7 nitrogen and oxygen atoms in total. The Morgan fingerprint density at radius 2 is 1.53 bits per heavy atom. The molecule has 2 fully saturated rings. The van der Waals surface area contributed by atoms with Crippen molar-refractivity contribution in [1.82, 2.24) is 14.7 Å². The first-order chi connectivity index (χ1) is 15.6. The van der Waals surface area contributed by atoms with Gasteiger partial charge in [-0.15, -0.1) is 0 Å². The highest BCUT2D eigenvalue weighted by Crippen LogP contribution is 2.21. The molecule has 168 valence electrons. The highest BCUT2D eigenvalue weighted by molar-refractivity contribution is 5.97. The number of ether oxygens (including phenoxy) is 1. The van der Waals surface area contributed by atoms with Gasteiger partial charge in [-0.25, -0.2) is 0 Å². The zero-order chi connectivity index (χ0) is 22.5. The van der Waals surface area contributed by atoms with Gasteiger partial charge in [0.25, 0.3) is 11.8 Å². The molecule has 3 amide bonds. The summed E-state index contributed by atoms with van der Waals surface area (Å²) in [7, 11) is 1.56. The monoisotopic (exact) mass is 435 g/mol. The van der Waals surface area contributed by atoms with E-state index in [2.05, 4.69) is 0 Å². The number of benzene rings is 2. The van der Waals surface area contributed by atoms with E-state index in [-0.39, 0.29) is 17.7 Å². The average Bonchev–Trinajstić information content (AvgIpc) is 3.08. The normalized spacial score (nSPS) is 16.8. The van der Waals surface area contributed by atoms with E-state index in [0.717, 1.165) is 24.9 Å². The molecule has 2 saturated heterocycles. The van der Waals surface area contributed by atoms with Crippen molar-refractivity contribution < 1.29 is 19.1 Å². The van der Waals surface area contributed by atoms with Gasteiger partial charge in [-0.05, 0) is 42.7 Å². The molecule has 2 aliphatic rings. The van der Waals surface area contributed by atoms with Crippen molar-refractivity contribution >= 4 is 17.7 Å². The van der Waals surface area contributed by atoms with Crippen molar-refractivity contribution in [2.75, 3.05) is 39.8 Å². The number of hydrogen-bond donors (Lipinski definition) is 0. The van der Waals surface area contributed by atoms with Gasteiger partial charge >= 0.3 is 0 Å². The lowest BCUT2D eigenvalue weighted by Gasteiger charge is -2.23. The minimum Gasteiger partial charge on any atom is -0.496 e. The largest absolute Gasteiger partial charge is 0.496 e. The predicted molar refractivity (Wildman–Crippen MR) is 121 cm³/mol. The lowest BCUT2D eigenvalue weighted by atomic mass is 10.1. The summed E-state index contributed by atoms with van der Waals surface area (Å²) in [5, 5.41) is 0. The molecule has 0 radical (unpaired) electrons. The summed E-state index contributed by atoms with van der Waals surface area (Å²) in [6.07, 6.45) is 2.27. The van der Waals surface area contributed by atoms with Crippen LogP contribution in [0, 0.1) is 0 Å². The minimum absolute atomic E-state index is 0.0274. The second-order valence-corrected chi connectivity index (χ2v) is 8.25. The molecule has 2 heterocycles. The first-order valence-electron chi connectivity index (χ1n) is 11.1. The van der Waals surface area contributed by atoms with E-state index < -0.39 is 0 Å². The smallest absolute Gasteiger partial charge is 0.257 e.